The van der Waals surface area contributed by atoms with E-state index in [2.05, 4.69) is 5.32 Å². The van der Waals surface area contributed by atoms with Crippen LogP contribution >= 0.6 is 0 Å². The number of amides is 1. The number of alkyl halides is 2. The van der Waals surface area contributed by atoms with Crippen LogP contribution in [0.4, 0.5) is 18.9 Å². The Labute approximate surface area is 153 Å². The predicted molar refractivity (Wildman–Crippen MR) is 90.3 cm³/mol. The van der Waals surface area contributed by atoms with Crippen molar-refractivity contribution in [2.24, 2.45) is 7.05 Å². The molecule has 0 saturated heterocycles. The van der Waals surface area contributed by atoms with Gasteiger partial charge < -0.3 is 9.88 Å². The van der Waals surface area contributed by atoms with Gasteiger partial charge in [-0.15, -0.1) is 0 Å². The minimum absolute atomic E-state index is 0.0806. The number of aromatic nitrogens is 1. The maximum absolute atomic E-state index is 13.3. The SMILES string of the molecule is CC(NS(=O)(=O)c1cc(C(=O)Nc2ccc(F)c(C#N)c2)n(C)c1)C(F)F. The molecule has 2 N–H and O–H groups in total. The molecule has 0 saturated carbocycles. The Kier molecular flexibility index (Phi) is 5.92. The molecule has 1 amide bonds. The zero-order valence-electron chi connectivity index (χ0n) is 14.2. The Hall–Kier alpha value is -2.84. The third-order valence-corrected chi connectivity index (χ3v) is 5.11. The number of aryl methyl sites for hydroxylation is 1. The lowest BCUT2D eigenvalue weighted by molar-refractivity contribution is 0.101. The van der Waals surface area contributed by atoms with Gasteiger partial charge in [0.05, 0.1) is 11.6 Å². The highest BCUT2D eigenvalue weighted by Gasteiger charge is 2.26. The van der Waals surface area contributed by atoms with E-state index in [1.807, 2.05) is 4.72 Å². The number of nitrogens with one attached hydrogen (secondary N) is 2. The molecule has 2 rings (SSSR count). The van der Waals surface area contributed by atoms with E-state index in [9.17, 15) is 26.4 Å². The van der Waals surface area contributed by atoms with E-state index in [-0.39, 0.29) is 21.8 Å². The van der Waals surface area contributed by atoms with Crippen LogP contribution in [0.3, 0.4) is 0 Å². The summed E-state index contributed by atoms with van der Waals surface area (Å²) in [5.41, 5.74) is -0.218. The number of rotatable bonds is 6. The molecule has 0 spiro atoms. The number of benzene rings is 1. The second kappa shape index (κ2) is 7.81. The summed E-state index contributed by atoms with van der Waals surface area (Å²) in [6, 6.07) is 4.41. The highest BCUT2D eigenvalue weighted by atomic mass is 32.2. The molecule has 1 heterocycles. The molecule has 1 aromatic heterocycles. The first-order valence-electron chi connectivity index (χ1n) is 7.53. The number of hydrogen-bond acceptors (Lipinski definition) is 4. The molecule has 2 aromatic rings. The summed E-state index contributed by atoms with van der Waals surface area (Å²) in [6.07, 6.45) is -1.79. The zero-order valence-corrected chi connectivity index (χ0v) is 15.0. The minimum atomic E-state index is -4.25. The molecule has 0 aliphatic heterocycles. The van der Waals surface area contributed by atoms with Crippen LogP contribution in [-0.4, -0.2) is 31.4 Å². The summed E-state index contributed by atoms with van der Waals surface area (Å²) < 4.78 is 65.8. The van der Waals surface area contributed by atoms with E-state index in [0.29, 0.717) is 0 Å². The summed E-state index contributed by atoms with van der Waals surface area (Å²) in [4.78, 5) is 12.0. The Morgan fingerprint density at radius 2 is 1.96 bits per heavy atom. The zero-order chi connectivity index (χ0) is 20.4. The number of nitriles is 1. The Bertz CT molecular complexity index is 1010. The molecule has 0 bridgehead atoms. The normalized spacial score (nSPS) is 12.6. The smallest absolute Gasteiger partial charge is 0.272 e. The minimum Gasteiger partial charge on any atom is -0.345 e. The maximum Gasteiger partial charge on any atom is 0.272 e. The van der Waals surface area contributed by atoms with Gasteiger partial charge in [0.1, 0.15) is 22.5 Å². The number of sulfonamides is 1. The number of nitrogens with zero attached hydrogens (tertiary/aromatic N) is 2. The van der Waals surface area contributed by atoms with Crippen molar-refractivity contribution >= 4 is 21.6 Å². The van der Waals surface area contributed by atoms with Crippen LogP contribution in [0.5, 0.6) is 0 Å². The van der Waals surface area contributed by atoms with Gasteiger partial charge in [0, 0.05) is 18.9 Å². The summed E-state index contributed by atoms with van der Waals surface area (Å²) in [5, 5.41) is 11.2. The van der Waals surface area contributed by atoms with Crippen molar-refractivity contribution in [3.63, 3.8) is 0 Å². The average molecular weight is 400 g/mol. The predicted octanol–water partition coefficient (Wildman–Crippen LogP) is 2.22. The summed E-state index contributed by atoms with van der Waals surface area (Å²) in [5.74, 6) is -1.47. The number of anilines is 1. The van der Waals surface area contributed by atoms with Gasteiger partial charge in [-0.3, -0.25) is 4.79 Å². The van der Waals surface area contributed by atoms with Gasteiger partial charge in [0.2, 0.25) is 10.0 Å². The molecule has 0 radical (unpaired) electrons. The lowest BCUT2D eigenvalue weighted by Gasteiger charge is -2.11. The fraction of sp³-hybridized carbons (Fsp3) is 0.250. The van der Waals surface area contributed by atoms with Gasteiger partial charge in [-0.05, 0) is 31.2 Å². The Balaban J connectivity index is 2.25. The number of carbonyl (C=O) groups is 1. The lowest BCUT2D eigenvalue weighted by Crippen LogP contribution is -2.37. The van der Waals surface area contributed by atoms with Crippen molar-refractivity contribution in [1.29, 1.82) is 5.26 Å². The van der Waals surface area contributed by atoms with Crippen molar-refractivity contribution in [3.05, 3.63) is 47.5 Å². The van der Waals surface area contributed by atoms with Crippen LogP contribution in [0, 0.1) is 17.1 Å². The van der Waals surface area contributed by atoms with Gasteiger partial charge >= 0.3 is 0 Å². The molecule has 0 aliphatic rings. The second-order valence-electron chi connectivity index (χ2n) is 5.68. The topological polar surface area (TPSA) is 104 Å². The number of hydrogen-bond donors (Lipinski definition) is 2. The monoisotopic (exact) mass is 400 g/mol. The van der Waals surface area contributed by atoms with Crippen molar-refractivity contribution in [2.45, 2.75) is 24.3 Å². The van der Waals surface area contributed by atoms with Crippen molar-refractivity contribution < 1.29 is 26.4 Å². The Morgan fingerprint density at radius 1 is 1.30 bits per heavy atom. The largest absolute Gasteiger partial charge is 0.345 e. The number of halogens is 3. The lowest BCUT2D eigenvalue weighted by atomic mass is 10.2. The van der Waals surface area contributed by atoms with E-state index in [1.165, 1.54) is 17.7 Å². The molecule has 1 aromatic carbocycles. The molecular weight excluding hydrogens is 385 g/mol. The van der Waals surface area contributed by atoms with Gasteiger partial charge in [-0.25, -0.2) is 26.3 Å². The molecule has 11 heteroatoms. The van der Waals surface area contributed by atoms with Crippen LogP contribution in [0.25, 0.3) is 0 Å². The van der Waals surface area contributed by atoms with Crippen molar-refractivity contribution in [2.75, 3.05) is 5.32 Å². The summed E-state index contributed by atoms with van der Waals surface area (Å²) in [7, 11) is -2.85. The van der Waals surface area contributed by atoms with E-state index >= 15 is 0 Å². The van der Waals surface area contributed by atoms with Gasteiger partial charge in [0.15, 0.2) is 0 Å². The molecule has 144 valence electrons. The molecule has 0 aliphatic carbocycles. The standard InChI is InChI=1S/C16H15F3N4O3S/c1-9(15(18)19)22-27(25,26)12-6-14(23(2)8-12)16(24)21-11-3-4-13(17)10(5-11)7-20/h3-6,8-9,15,22H,1-2H3,(H,21,24). The van der Waals surface area contributed by atoms with Crippen LogP contribution in [0.1, 0.15) is 23.0 Å². The Morgan fingerprint density at radius 3 is 2.56 bits per heavy atom. The maximum atomic E-state index is 13.3. The van der Waals surface area contributed by atoms with E-state index in [4.69, 9.17) is 5.26 Å². The third kappa shape index (κ3) is 4.66. The van der Waals surface area contributed by atoms with Crippen molar-refractivity contribution in [3.8, 4) is 6.07 Å². The third-order valence-electron chi connectivity index (χ3n) is 3.59. The fourth-order valence-corrected chi connectivity index (χ4v) is 3.45. The van der Waals surface area contributed by atoms with Crippen LogP contribution < -0.4 is 10.0 Å². The summed E-state index contributed by atoms with van der Waals surface area (Å²) in [6.45, 7) is 1.01. The highest BCUT2D eigenvalue weighted by Crippen LogP contribution is 2.18. The quantitative estimate of drug-likeness (QED) is 0.776. The fourth-order valence-electron chi connectivity index (χ4n) is 2.15. The average Bonchev–Trinajstić information content (AvgIpc) is 2.99. The molecule has 0 fully saturated rings. The molecular formula is C16H15F3N4O3S. The van der Waals surface area contributed by atoms with Gasteiger partial charge in [-0.1, -0.05) is 0 Å². The summed E-state index contributed by atoms with van der Waals surface area (Å²) >= 11 is 0. The van der Waals surface area contributed by atoms with E-state index < -0.39 is 34.2 Å². The van der Waals surface area contributed by atoms with E-state index in [0.717, 1.165) is 31.3 Å². The first-order chi connectivity index (χ1) is 12.5. The highest BCUT2D eigenvalue weighted by molar-refractivity contribution is 7.89. The molecule has 1 unspecified atom stereocenters. The van der Waals surface area contributed by atoms with Crippen LogP contribution in [-0.2, 0) is 17.1 Å². The molecule has 1 atom stereocenters. The molecule has 7 nitrogen and oxygen atoms in total. The van der Waals surface area contributed by atoms with E-state index in [1.54, 1.807) is 6.07 Å². The van der Waals surface area contributed by atoms with Crippen molar-refractivity contribution in [1.82, 2.24) is 9.29 Å². The van der Waals surface area contributed by atoms with Crippen LogP contribution in [0.2, 0.25) is 0 Å². The molecule has 27 heavy (non-hydrogen) atoms. The first-order valence-corrected chi connectivity index (χ1v) is 9.01. The number of carbonyl (C=O) groups excluding carboxylic acids is 1. The van der Waals surface area contributed by atoms with Crippen LogP contribution in [0.15, 0.2) is 35.4 Å². The van der Waals surface area contributed by atoms with Gasteiger partial charge in [-0.2, -0.15) is 5.26 Å². The van der Waals surface area contributed by atoms with Gasteiger partial charge in [0.25, 0.3) is 12.3 Å². The first kappa shape index (κ1) is 20.5. The second-order valence-corrected chi connectivity index (χ2v) is 7.39.